The maximum Gasteiger partial charge on any atom is 0.319 e. The summed E-state index contributed by atoms with van der Waals surface area (Å²) < 4.78 is 24.7. The molecule has 8 heteroatoms. The third-order valence-electron chi connectivity index (χ3n) is 5.64. The van der Waals surface area contributed by atoms with Gasteiger partial charge in [-0.15, -0.1) is 0 Å². The number of urea groups is 1. The van der Waals surface area contributed by atoms with E-state index in [4.69, 9.17) is 9.15 Å². The lowest BCUT2D eigenvalue weighted by atomic mass is 10.1. The van der Waals surface area contributed by atoms with Crippen molar-refractivity contribution in [3.8, 4) is 5.75 Å². The van der Waals surface area contributed by atoms with Crippen LogP contribution in [0, 0.1) is 5.82 Å². The van der Waals surface area contributed by atoms with Crippen LogP contribution in [0.4, 0.5) is 20.6 Å². The Balaban J connectivity index is 1.36. The molecule has 0 saturated carbocycles. The molecule has 2 amide bonds. The molecule has 2 heterocycles. The van der Waals surface area contributed by atoms with Gasteiger partial charge in [0, 0.05) is 38.4 Å². The summed E-state index contributed by atoms with van der Waals surface area (Å²) in [7, 11) is 1.66. The second-order valence-electron chi connectivity index (χ2n) is 7.57. The quantitative estimate of drug-likeness (QED) is 0.581. The highest BCUT2D eigenvalue weighted by molar-refractivity contribution is 5.89. The monoisotopic (exact) mass is 438 g/mol. The maximum atomic E-state index is 13.8. The number of methoxy groups -OCH3 is 1. The van der Waals surface area contributed by atoms with Gasteiger partial charge in [0.05, 0.1) is 25.1 Å². The first-order valence-electron chi connectivity index (χ1n) is 10.6. The van der Waals surface area contributed by atoms with Gasteiger partial charge >= 0.3 is 6.03 Å². The number of anilines is 2. The van der Waals surface area contributed by atoms with Gasteiger partial charge in [0.15, 0.2) is 0 Å². The van der Waals surface area contributed by atoms with Crippen LogP contribution in [0.1, 0.15) is 11.8 Å². The number of carbonyl (C=O) groups is 1. The summed E-state index contributed by atoms with van der Waals surface area (Å²) >= 11 is 0. The second-order valence-corrected chi connectivity index (χ2v) is 7.57. The highest BCUT2D eigenvalue weighted by atomic mass is 19.1. The van der Waals surface area contributed by atoms with Crippen molar-refractivity contribution in [2.45, 2.75) is 6.04 Å². The number of benzene rings is 2. The van der Waals surface area contributed by atoms with Crippen LogP contribution in [0.25, 0.3) is 0 Å². The zero-order valence-electron chi connectivity index (χ0n) is 18.0. The third kappa shape index (κ3) is 5.20. The van der Waals surface area contributed by atoms with Gasteiger partial charge in [0.2, 0.25) is 0 Å². The lowest BCUT2D eigenvalue weighted by Gasteiger charge is -2.39. The number of ether oxygens (including phenoxy) is 1. The normalized spacial score (nSPS) is 15.2. The van der Waals surface area contributed by atoms with Gasteiger partial charge in [0.1, 0.15) is 17.3 Å². The van der Waals surface area contributed by atoms with Crippen molar-refractivity contribution in [3.63, 3.8) is 0 Å². The Kier molecular flexibility index (Phi) is 6.91. The Morgan fingerprint density at radius 2 is 1.81 bits per heavy atom. The number of para-hydroxylation sites is 1. The average Bonchev–Trinajstić information content (AvgIpc) is 3.36. The van der Waals surface area contributed by atoms with E-state index in [9.17, 15) is 9.18 Å². The summed E-state index contributed by atoms with van der Waals surface area (Å²) in [5.74, 6) is 1.15. The summed E-state index contributed by atoms with van der Waals surface area (Å²) in [4.78, 5) is 17.0. The standard InChI is InChI=1S/C24H27FN4O3/c1-31-19-10-8-18(9-11-19)28-12-14-29(15-13-28)22(23-7-4-16-32-23)17-26-24(30)27-21-6-3-2-5-20(21)25/h2-11,16,22H,12-15,17H2,1H3,(H2,26,27,30). The topological polar surface area (TPSA) is 70.0 Å². The summed E-state index contributed by atoms with van der Waals surface area (Å²) in [6.45, 7) is 3.67. The molecule has 32 heavy (non-hydrogen) atoms. The van der Waals surface area contributed by atoms with E-state index in [1.54, 1.807) is 25.5 Å². The van der Waals surface area contributed by atoms with Gasteiger partial charge in [-0.3, -0.25) is 4.90 Å². The molecular weight excluding hydrogens is 411 g/mol. The second kappa shape index (κ2) is 10.2. The number of amides is 2. The van der Waals surface area contributed by atoms with Crippen LogP contribution in [0.15, 0.2) is 71.3 Å². The molecule has 0 spiro atoms. The Labute approximate surface area is 186 Å². The number of nitrogens with one attached hydrogen (secondary N) is 2. The van der Waals surface area contributed by atoms with Crippen molar-refractivity contribution in [2.75, 3.05) is 50.1 Å². The Morgan fingerprint density at radius 3 is 2.47 bits per heavy atom. The fraction of sp³-hybridized carbons (Fsp3) is 0.292. The molecule has 1 unspecified atom stereocenters. The minimum absolute atomic E-state index is 0.116. The van der Waals surface area contributed by atoms with Crippen LogP contribution in [0.2, 0.25) is 0 Å². The van der Waals surface area contributed by atoms with Gasteiger partial charge in [-0.05, 0) is 48.5 Å². The molecule has 0 radical (unpaired) electrons. The van der Waals surface area contributed by atoms with Gasteiger partial charge in [0.25, 0.3) is 0 Å². The van der Waals surface area contributed by atoms with Crippen molar-refractivity contribution in [1.29, 1.82) is 0 Å². The van der Waals surface area contributed by atoms with E-state index >= 15 is 0 Å². The molecule has 2 aromatic carbocycles. The Hall–Kier alpha value is -3.52. The highest BCUT2D eigenvalue weighted by Gasteiger charge is 2.27. The number of hydrogen-bond donors (Lipinski definition) is 2. The fourth-order valence-corrected chi connectivity index (χ4v) is 3.89. The molecule has 4 rings (SSSR count). The minimum Gasteiger partial charge on any atom is -0.497 e. The first kappa shape index (κ1) is 21.7. The highest BCUT2D eigenvalue weighted by Crippen LogP contribution is 2.25. The predicted octanol–water partition coefficient (Wildman–Crippen LogP) is 4.11. The number of carbonyl (C=O) groups excluding carboxylic acids is 1. The van der Waals surface area contributed by atoms with Crippen molar-refractivity contribution >= 4 is 17.4 Å². The van der Waals surface area contributed by atoms with Crippen molar-refractivity contribution in [1.82, 2.24) is 10.2 Å². The van der Waals surface area contributed by atoms with E-state index in [1.807, 2.05) is 24.3 Å². The van der Waals surface area contributed by atoms with E-state index in [-0.39, 0.29) is 11.7 Å². The number of halogens is 1. The summed E-state index contributed by atoms with van der Waals surface area (Å²) in [6, 6.07) is 17.3. The smallest absolute Gasteiger partial charge is 0.319 e. The van der Waals surface area contributed by atoms with E-state index in [0.717, 1.165) is 43.4 Å². The van der Waals surface area contributed by atoms with E-state index in [0.29, 0.717) is 6.54 Å². The van der Waals surface area contributed by atoms with E-state index in [1.165, 1.54) is 12.1 Å². The molecule has 1 aliphatic rings. The maximum absolute atomic E-state index is 13.8. The zero-order valence-corrected chi connectivity index (χ0v) is 18.0. The number of nitrogens with zero attached hydrogens (tertiary/aromatic N) is 2. The summed E-state index contributed by atoms with van der Waals surface area (Å²) in [5, 5.41) is 5.41. The molecule has 3 aromatic rings. The molecule has 0 aliphatic carbocycles. The van der Waals surface area contributed by atoms with Crippen LogP contribution < -0.4 is 20.3 Å². The van der Waals surface area contributed by atoms with Gasteiger partial charge in [-0.1, -0.05) is 12.1 Å². The largest absolute Gasteiger partial charge is 0.497 e. The average molecular weight is 439 g/mol. The molecule has 2 N–H and O–H groups in total. The Bertz CT molecular complexity index is 1000. The molecule has 7 nitrogen and oxygen atoms in total. The predicted molar refractivity (Wildman–Crippen MR) is 122 cm³/mol. The van der Waals surface area contributed by atoms with Crippen LogP contribution >= 0.6 is 0 Å². The van der Waals surface area contributed by atoms with Crippen LogP contribution in [-0.4, -0.2) is 50.8 Å². The zero-order chi connectivity index (χ0) is 22.3. The number of hydrogen-bond acceptors (Lipinski definition) is 5. The van der Waals surface area contributed by atoms with Crippen molar-refractivity contribution in [3.05, 3.63) is 78.5 Å². The third-order valence-corrected chi connectivity index (χ3v) is 5.64. The van der Waals surface area contributed by atoms with Gasteiger partial charge in [-0.25, -0.2) is 9.18 Å². The van der Waals surface area contributed by atoms with Crippen molar-refractivity contribution in [2.24, 2.45) is 0 Å². The molecule has 0 bridgehead atoms. The first-order chi connectivity index (χ1) is 15.6. The fourth-order valence-electron chi connectivity index (χ4n) is 3.89. The molecule has 1 aromatic heterocycles. The molecule has 1 saturated heterocycles. The minimum atomic E-state index is -0.472. The summed E-state index contributed by atoms with van der Waals surface area (Å²) in [5.41, 5.74) is 1.30. The lowest BCUT2D eigenvalue weighted by molar-refractivity contribution is 0.162. The number of rotatable bonds is 7. The number of piperazine rings is 1. The number of furan rings is 1. The van der Waals surface area contributed by atoms with E-state index < -0.39 is 11.8 Å². The first-order valence-corrected chi connectivity index (χ1v) is 10.6. The lowest BCUT2D eigenvalue weighted by Crippen LogP contribution is -2.50. The molecule has 1 aliphatic heterocycles. The van der Waals surface area contributed by atoms with Crippen LogP contribution in [0.5, 0.6) is 5.75 Å². The summed E-state index contributed by atoms with van der Waals surface area (Å²) in [6.07, 6.45) is 1.63. The van der Waals surface area contributed by atoms with Crippen LogP contribution in [-0.2, 0) is 0 Å². The van der Waals surface area contributed by atoms with Gasteiger partial charge < -0.3 is 24.7 Å². The van der Waals surface area contributed by atoms with E-state index in [2.05, 4.69) is 32.6 Å². The Morgan fingerprint density at radius 1 is 1.06 bits per heavy atom. The molecule has 1 atom stereocenters. The molecule has 1 fully saturated rings. The van der Waals surface area contributed by atoms with Crippen molar-refractivity contribution < 1.29 is 18.3 Å². The SMILES string of the molecule is COc1ccc(N2CCN(C(CNC(=O)Nc3ccccc3F)c3ccco3)CC2)cc1. The van der Waals surface area contributed by atoms with Crippen LogP contribution in [0.3, 0.4) is 0 Å². The van der Waals surface area contributed by atoms with Gasteiger partial charge in [-0.2, -0.15) is 0 Å². The molecule has 168 valence electrons. The molecular formula is C24H27FN4O3.